The fourth-order valence-corrected chi connectivity index (χ4v) is 0.428. The van der Waals surface area contributed by atoms with Gasteiger partial charge in [-0.15, -0.1) is 0 Å². The Hall–Kier alpha value is -1.31. The second-order valence-corrected chi connectivity index (χ2v) is 2.76. The van der Waals surface area contributed by atoms with Crippen molar-refractivity contribution < 1.29 is 33.0 Å². The number of carbonyl (C=O) groups is 2. The number of aliphatic hydroxyl groups is 1. The normalized spacial score (nSPS) is 15.8. The van der Waals surface area contributed by atoms with Crippen LogP contribution in [-0.2, 0) is 9.59 Å². The quantitative estimate of drug-likeness (QED) is 0.542. The molecule has 0 fully saturated rings. The molecule has 0 aliphatic carbocycles. The molecule has 0 aliphatic heterocycles. The molecular weight excluding hydrogens is 207 g/mol. The Kier molecular flexibility index (Phi) is 3.47. The van der Waals surface area contributed by atoms with E-state index in [-0.39, 0.29) is 0 Å². The molecule has 0 aromatic carbocycles. The molecule has 0 aromatic rings. The molecule has 0 bridgehead atoms. The van der Waals surface area contributed by atoms with Gasteiger partial charge in [-0.1, -0.05) is 0 Å². The van der Waals surface area contributed by atoms with Crippen LogP contribution in [0.1, 0.15) is 6.92 Å². The van der Waals surface area contributed by atoms with Crippen molar-refractivity contribution in [3.63, 3.8) is 0 Å². The number of halogens is 3. The van der Waals surface area contributed by atoms with E-state index >= 15 is 0 Å². The number of hydrogen-bond acceptors (Lipinski definition) is 3. The first-order chi connectivity index (χ1) is 6.08. The van der Waals surface area contributed by atoms with Crippen molar-refractivity contribution in [2.45, 2.75) is 18.7 Å². The highest BCUT2D eigenvalue weighted by Gasteiger charge is 2.50. The summed E-state index contributed by atoms with van der Waals surface area (Å²) in [7, 11) is 0. The second-order valence-electron chi connectivity index (χ2n) is 2.76. The van der Waals surface area contributed by atoms with Crippen molar-refractivity contribution >= 4 is 11.9 Å². The lowest BCUT2D eigenvalue weighted by molar-refractivity contribution is -0.250. The molecule has 0 saturated heterocycles. The Morgan fingerprint density at radius 1 is 1.36 bits per heavy atom. The van der Waals surface area contributed by atoms with E-state index in [0.29, 0.717) is 6.92 Å². The van der Waals surface area contributed by atoms with Crippen LogP contribution in [0.5, 0.6) is 0 Å². The molecule has 1 amide bonds. The van der Waals surface area contributed by atoms with Gasteiger partial charge in [0.1, 0.15) is 0 Å². The molecule has 0 rings (SSSR count). The topological polar surface area (TPSA) is 86.6 Å². The van der Waals surface area contributed by atoms with Crippen LogP contribution in [-0.4, -0.2) is 40.4 Å². The average Bonchev–Trinajstić information content (AvgIpc) is 1.97. The zero-order valence-electron chi connectivity index (χ0n) is 7.05. The summed E-state index contributed by atoms with van der Waals surface area (Å²) in [6, 6.07) is 0. The predicted octanol–water partition coefficient (Wildman–Crippen LogP) is -0.500. The Bertz CT molecular complexity index is 248. The molecule has 1 unspecified atom stereocenters. The van der Waals surface area contributed by atoms with Crippen LogP contribution in [0.4, 0.5) is 13.2 Å². The number of amides is 1. The second kappa shape index (κ2) is 3.82. The number of carboxylic acids is 1. The fraction of sp³-hybridized carbons (Fsp3) is 0.667. The summed E-state index contributed by atoms with van der Waals surface area (Å²) < 4.78 is 35.8. The zero-order chi connectivity index (χ0) is 11.6. The highest BCUT2D eigenvalue weighted by molar-refractivity contribution is 6.31. The SMILES string of the molecule is CC(O)(CNC(=O)C(=O)O)C(F)(F)F. The summed E-state index contributed by atoms with van der Waals surface area (Å²) in [6.45, 7) is -0.781. The monoisotopic (exact) mass is 215 g/mol. The van der Waals surface area contributed by atoms with Gasteiger partial charge in [-0.25, -0.2) is 4.79 Å². The zero-order valence-corrected chi connectivity index (χ0v) is 7.05. The Balaban J connectivity index is 4.27. The maximum absolute atomic E-state index is 11.9. The molecular formula is C6H8F3NO4. The van der Waals surface area contributed by atoms with Crippen LogP contribution < -0.4 is 5.32 Å². The molecule has 14 heavy (non-hydrogen) atoms. The standard InChI is InChI=1S/C6H8F3NO4/c1-5(14,6(7,8)9)2-10-3(11)4(12)13/h14H,2H2,1H3,(H,10,11)(H,12,13). The number of nitrogens with one attached hydrogen (secondary N) is 1. The van der Waals surface area contributed by atoms with E-state index in [4.69, 9.17) is 10.2 Å². The molecule has 0 saturated carbocycles. The summed E-state index contributed by atoms with van der Waals surface area (Å²) >= 11 is 0. The van der Waals surface area contributed by atoms with E-state index in [1.54, 1.807) is 0 Å². The largest absolute Gasteiger partial charge is 0.474 e. The first-order valence-electron chi connectivity index (χ1n) is 3.38. The van der Waals surface area contributed by atoms with Crippen molar-refractivity contribution in [3.8, 4) is 0 Å². The molecule has 82 valence electrons. The molecule has 0 aromatic heterocycles. The lowest BCUT2D eigenvalue weighted by atomic mass is 10.1. The van der Waals surface area contributed by atoms with Gasteiger partial charge in [0.15, 0.2) is 5.60 Å². The minimum atomic E-state index is -4.93. The van der Waals surface area contributed by atoms with E-state index < -0.39 is 30.2 Å². The predicted molar refractivity (Wildman–Crippen MR) is 37.3 cm³/mol. The van der Waals surface area contributed by atoms with Crippen molar-refractivity contribution in [3.05, 3.63) is 0 Å². The first kappa shape index (κ1) is 12.7. The molecule has 1 atom stereocenters. The number of rotatable bonds is 2. The molecule has 0 aliphatic rings. The van der Waals surface area contributed by atoms with Crippen LogP contribution in [0.15, 0.2) is 0 Å². The van der Waals surface area contributed by atoms with Crippen molar-refractivity contribution in [2.75, 3.05) is 6.54 Å². The number of carbonyl (C=O) groups excluding carboxylic acids is 1. The van der Waals surface area contributed by atoms with Gasteiger partial charge in [-0.3, -0.25) is 4.79 Å². The highest BCUT2D eigenvalue weighted by Crippen LogP contribution is 2.29. The van der Waals surface area contributed by atoms with Crippen molar-refractivity contribution in [1.29, 1.82) is 0 Å². The minimum Gasteiger partial charge on any atom is -0.474 e. The Morgan fingerprint density at radius 3 is 2.07 bits per heavy atom. The van der Waals surface area contributed by atoms with E-state index in [2.05, 4.69) is 0 Å². The van der Waals surface area contributed by atoms with E-state index in [0.717, 1.165) is 0 Å². The van der Waals surface area contributed by atoms with Gasteiger partial charge in [0, 0.05) is 0 Å². The third kappa shape index (κ3) is 3.21. The van der Waals surface area contributed by atoms with Crippen LogP contribution in [0.3, 0.4) is 0 Å². The van der Waals surface area contributed by atoms with Gasteiger partial charge < -0.3 is 15.5 Å². The first-order valence-corrected chi connectivity index (χ1v) is 3.38. The van der Waals surface area contributed by atoms with Crippen LogP contribution >= 0.6 is 0 Å². The summed E-state index contributed by atoms with van der Waals surface area (Å²) in [6.07, 6.45) is -4.93. The van der Waals surface area contributed by atoms with Crippen molar-refractivity contribution in [2.24, 2.45) is 0 Å². The van der Waals surface area contributed by atoms with Gasteiger partial charge in [0.25, 0.3) is 0 Å². The number of aliphatic carboxylic acids is 1. The van der Waals surface area contributed by atoms with Crippen LogP contribution in [0, 0.1) is 0 Å². The lowest BCUT2D eigenvalue weighted by Gasteiger charge is -2.25. The van der Waals surface area contributed by atoms with E-state index in [1.165, 1.54) is 5.32 Å². The van der Waals surface area contributed by atoms with Gasteiger partial charge in [0.05, 0.1) is 6.54 Å². The number of carboxylic acid groups (broad SMARTS) is 1. The van der Waals surface area contributed by atoms with Crippen LogP contribution in [0.25, 0.3) is 0 Å². The molecule has 0 heterocycles. The van der Waals surface area contributed by atoms with E-state index in [9.17, 15) is 22.8 Å². The van der Waals surface area contributed by atoms with Gasteiger partial charge in [-0.2, -0.15) is 13.2 Å². The highest BCUT2D eigenvalue weighted by atomic mass is 19.4. The smallest absolute Gasteiger partial charge is 0.418 e. The molecule has 0 spiro atoms. The molecule has 3 N–H and O–H groups in total. The molecule has 0 radical (unpaired) electrons. The van der Waals surface area contributed by atoms with Gasteiger partial charge in [0.2, 0.25) is 0 Å². The molecule has 5 nitrogen and oxygen atoms in total. The van der Waals surface area contributed by atoms with Gasteiger partial charge in [-0.05, 0) is 6.92 Å². The Labute approximate surface area is 76.5 Å². The minimum absolute atomic E-state index is 0.426. The Morgan fingerprint density at radius 2 is 1.79 bits per heavy atom. The average molecular weight is 215 g/mol. The summed E-state index contributed by atoms with van der Waals surface area (Å²) in [4.78, 5) is 20.2. The fourth-order valence-electron chi connectivity index (χ4n) is 0.428. The molecule has 8 heteroatoms. The summed E-state index contributed by atoms with van der Waals surface area (Å²) in [5.74, 6) is -3.52. The van der Waals surface area contributed by atoms with E-state index in [1.807, 2.05) is 0 Å². The van der Waals surface area contributed by atoms with Gasteiger partial charge >= 0.3 is 18.1 Å². The van der Waals surface area contributed by atoms with Crippen molar-refractivity contribution in [1.82, 2.24) is 5.32 Å². The third-order valence-electron chi connectivity index (χ3n) is 1.40. The summed E-state index contributed by atoms with van der Waals surface area (Å²) in [5, 5.41) is 18.2. The maximum atomic E-state index is 11.9. The summed E-state index contributed by atoms with van der Waals surface area (Å²) in [5.41, 5.74) is -3.14. The maximum Gasteiger partial charge on any atom is 0.418 e. The third-order valence-corrected chi connectivity index (χ3v) is 1.40. The van der Waals surface area contributed by atoms with Crippen LogP contribution in [0.2, 0.25) is 0 Å². The number of alkyl halides is 3. The number of hydrogen-bond donors (Lipinski definition) is 3. The lowest BCUT2D eigenvalue weighted by Crippen LogP contribution is -2.52.